The van der Waals surface area contributed by atoms with Crippen LogP contribution in [0, 0.1) is 20.8 Å². The Labute approximate surface area is 288 Å². The van der Waals surface area contributed by atoms with Crippen LogP contribution in [0.1, 0.15) is 104 Å². The van der Waals surface area contributed by atoms with Crippen molar-refractivity contribution < 1.29 is 23.9 Å². The number of amides is 2. The maximum atomic E-state index is 13.8. The second kappa shape index (κ2) is 12.6. The predicted octanol–water partition coefficient (Wildman–Crippen LogP) is 8.08. The van der Waals surface area contributed by atoms with Crippen molar-refractivity contribution in [3.05, 3.63) is 81.9 Å². The van der Waals surface area contributed by atoms with Crippen molar-refractivity contribution in [1.29, 1.82) is 0 Å². The molecule has 49 heavy (non-hydrogen) atoms. The number of pyridine rings is 2. The van der Waals surface area contributed by atoms with Crippen molar-refractivity contribution in [3.63, 3.8) is 0 Å². The molecule has 0 radical (unpaired) electrons. The Hall–Kier alpha value is -4.73. The van der Waals surface area contributed by atoms with Crippen LogP contribution >= 0.6 is 0 Å². The molecular formula is C39H47N5O5. The lowest BCUT2D eigenvalue weighted by Crippen LogP contribution is -2.38. The minimum Gasteiger partial charge on any atom is -0.444 e. The van der Waals surface area contributed by atoms with E-state index >= 15 is 0 Å². The molecule has 258 valence electrons. The summed E-state index contributed by atoms with van der Waals surface area (Å²) in [4.78, 5) is 53.2. The Morgan fingerprint density at radius 1 is 0.837 bits per heavy atom. The van der Waals surface area contributed by atoms with E-state index in [4.69, 9.17) is 14.5 Å². The van der Waals surface area contributed by atoms with Gasteiger partial charge in [-0.2, -0.15) is 0 Å². The van der Waals surface area contributed by atoms with E-state index in [0.717, 1.165) is 57.4 Å². The number of ether oxygens (including phenoxy) is 2. The van der Waals surface area contributed by atoms with Gasteiger partial charge in [-0.05, 0) is 140 Å². The van der Waals surface area contributed by atoms with Crippen molar-refractivity contribution in [1.82, 2.24) is 24.3 Å². The fraction of sp³-hybridized carbons (Fsp3) is 0.462. The third-order valence-corrected chi connectivity index (χ3v) is 8.99. The van der Waals surface area contributed by atoms with Gasteiger partial charge in [-0.3, -0.25) is 9.78 Å². The van der Waals surface area contributed by atoms with E-state index < -0.39 is 17.3 Å². The first kappa shape index (κ1) is 34.1. The van der Waals surface area contributed by atoms with Crippen LogP contribution in [0.25, 0.3) is 22.2 Å². The number of fused-ring (bicyclic) bond motifs is 2. The summed E-state index contributed by atoms with van der Waals surface area (Å²) < 4.78 is 12.9. The average Bonchev–Trinajstić information content (AvgIpc) is 3.62. The van der Waals surface area contributed by atoms with Crippen molar-refractivity contribution in [2.24, 2.45) is 0 Å². The molecule has 5 heterocycles. The van der Waals surface area contributed by atoms with Crippen molar-refractivity contribution in [2.75, 3.05) is 13.1 Å². The Morgan fingerprint density at radius 2 is 1.51 bits per heavy atom. The first-order valence-corrected chi connectivity index (χ1v) is 17.1. The Morgan fingerprint density at radius 3 is 2.18 bits per heavy atom. The summed E-state index contributed by atoms with van der Waals surface area (Å²) in [5.74, 6) is -0.0235. The molecule has 0 saturated carbocycles. The summed E-state index contributed by atoms with van der Waals surface area (Å²) >= 11 is 0. The summed E-state index contributed by atoms with van der Waals surface area (Å²) in [6.45, 7) is 18.6. The second-order valence-electron chi connectivity index (χ2n) is 15.4. The standard InChI is InChI=1S/C39H47N5O5/c1-23-21-44(37(47)49-39(7,8)9)34-31(23)19-28(20-40-34)26-17-29-22-42(35(45)27-15-24(2)41-25(3)16-27)14-12-30(29)32(18-26)33-11-10-13-43(33)36(46)48-38(4,5)6/h15-21,33H,10-14,22H2,1-9H3/t33-/m0/s1. The fourth-order valence-electron chi connectivity index (χ4n) is 7.01. The fourth-order valence-corrected chi connectivity index (χ4v) is 7.01. The molecule has 1 fully saturated rings. The Balaban J connectivity index is 1.43. The van der Waals surface area contributed by atoms with Gasteiger partial charge in [0.2, 0.25) is 0 Å². The number of benzene rings is 1. The highest BCUT2D eigenvalue weighted by Gasteiger charge is 2.36. The monoisotopic (exact) mass is 665 g/mol. The van der Waals surface area contributed by atoms with Gasteiger partial charge in [-0.1, -0.05) is 0 Å². The van der Waals surface area contributed by atoms with Crippen LogP contribution < -0.4 is 0 Å². The zero-order chi connectivity index (χ0) is 35.4. The minimum atomic E-state index is -0.640. The van der Waals surface area contributed by atoms with E-state index in [1.165, 1.54) is 10.1 Å². The highest BCUT2D eigenvalue weighted by Crippen LogP contribution is 2.41. The normalized spacial score (nSPS) is 16.6. The molecule has 0 N–H and O–H groups in total. The van der Waals surface area contributed by atoms with Crippen molar-refractivity contribution in [2.45, 2.75) is 105 Å². The molecule has 0 spiro atoms. The molecule has 2 aliphatic heterocycles. The number of aromatic nitrogens is 3. The molecule has 10 nitrogen and oxygen atoms in total. The number of aryl methyl sites for hydroxylation is 3. The molecule has 0 aliphatic carbocycles. The van der Waals surface area contributed by atoms with Crippen LogP contribution in [0.5, 0.6) is 0 Å². The summed E-state index contributed by atoms with van der Waals surface area (Å²) in [7, 11) is 0. The molecule has 1 atom stereocenters. The van der Waals surface area contributed by atoms with Crippen LogP contribution in [0.4, 0.5) is 9.59 Å². The minimum absolute atomic E-state index is 0.0235. The van der Waals surface area contributed by atoms with E-state index in [9.17, 15) is 14.4 Å². The van der Waals surface area contributed by atoms with E-state index in [1.54, 1.807) is 12.4 Å². The topological polar surface area (TPSA) is 107 Å². The van der Waals surface area contributed by atoms with Crippen LogP contribution in [-0.4, -0.2) is 66.7 Å². The van der Waals surface area contributed by atoms with Gasteiger partial charge in [0.05, 0.1) is 6.04 Å². The maximum Gasteiger partial charge on any atom is 0.420 e. The lowest BCUT2D eigenvalue weighted by molar-refractivity contribution is 0.0223. The average molecular weight is 666 g/mol. The van der Waals surface area contributed by atoms with E-state index in [-0.39, 0.29) is 18.0 Å². The predicted molar refractivity (Wildman–Crippen MR) is 189 cm³/mol. The first-order valence-electron chi connectivity index (χ1n) is 17.1. The molecule has 0 unspecified atom stereocenters. The zero-order valence-electron chi connectivity index (χ0n) is 30.1. The SMILES string of the molecule is Cc1cc(C(=O)N2CCc3c(cc(-c4cnc5c(c4)c(C)cn5C(=O)OC(C)(C)C)cc3[C@@H]3CCCN3C(=O)OC(C)(C)C)C2)cc(C)n1. The smallest absolute Gasteiger partial charge is 0.420 e. The number of likely N-dealkylation sites (tertiary alicyclic amines) is 1. The largest absolute Gasteiger partial charge is 0.444 e. The van der Waals surface area contributed by atoms with E-state index in [2.05, 4.69) is 23.2 Å². The molecule has 1 aromatic carbocycles. The number of carbonyl (C=O) groups is 3. The molecule has 2 amide bonds. The third kappa shape index (κ3) is 7.19. The van der Waals surface area contributed by atoms with Crippen LogP contribution in [0.3, 0.4) is 0 Å². The second-order valence-corrected chi connectivity index (χ2v) is 15.4. The molecule has 0 bridgehead atoms. The van der Waals surface area contributed by atoms with Gasteiger partial charge in [0.25, 0.3) is 5.91 Å². The van der Waals surface area contributed by atoms with Gasteiger partial charge in [0, 0.05) is 59.9 Å². The van der Waals surface area contributed by atoms with Gasteiger partial charge in [0.15, 0.2) is 0 Å². The lowest BCUT2D eigenvalue weighted by Gasteiger charge is -2.34. The van der Waals surface area contributed by atoms with Crippen LogP contribution in [0.2, 0.25) is 0 Å². The van der Waals surface area contributed by atoms with Gasteiger partial charge in [-0.25, -0.2) is 19.1 Å². The summed E-state index contributed by atoms with van der Waals surface area (Å²) in [5.41, 5.74) is 7.58. The van der Waals surface area contributed by atoms with Gasteiger partial charge >= 0.3 is 12.2 Å². The molecule has 1 saturated heterocycles. The number of carbonyl (C=O) groups excluding carboxylic acids is 3. The number of nitrogens with zero attached hydrogens (tertiary/aromatic N) is 5. The Bertz CT molecular complexity index is 1940. The molecule has 6 rings (SSSR count). The van der Waals surface area contributed by atoms with Crippen LogP contribution in [0.15, 0.2) is 42.7 Å². The summed E-state index contributed by atoms with van der Waals surface area (Å²) in [5, 5.41) is 0.846. The zero-order valence-corrected chi connectivity index (χ0v) is 30.1. The van der Waals surface area contributed by atoms with E-state index in [0.29, 0.717) is 37.3 Å². The number of hydrogen-bond donors (Lipinski definition) is 0. The highest BCUT2D eigenvalue weighted by atomic mass is 16.6. The van der Waals surface area contributed by atoms with Crippen LogP contribution in [-0.2, 0) is 22.4 Å². The number of rotatable bonds is 3. The molecular weight excluding hydrogens is 618 g/mol. The summed E-state index contributed by atoms with van der Waals surface area (Å²) in [6.07, 6.45) is 5.12. The summed E-state index contributed by atoms with van der Waals surface area (Å²) in [6, 6.07) is 9.92. The molecule has 2 aliphatic rings. The van der Waals surface area contributed by atoms with Crippen molar-refractivity contribution >= 4 is 29.1 Å². The van der Waals surface area contributed by atoms with Gasteiger partial charge in [0.1, 0.15) is 16.8 Å². The van der Waals surface area contributed by atoms with Crippen molar-refractivity contribution in [3.8, 4) is 11.1 Å². The molecule has 4 aromatic rings. The van der Waals surface area contributed by atoms with E-state index in [1.807, 2.05) is 84.2 Å². The Kier molecular flexibility index (Phi) is 8.79. The number of hydrogen-bond acceptors (Lipinski definition) is 7. The third-order valence-electron chi connectivity index (χ3n) is 8.99. The molecule has 10 heteroatoms. The molecule has 3 aromatic heterocycles. The quantitative estimate of drug-likeness (QED) is 0.218. The first-order chi connectivity index (χ1) is 23.0. The maximum absolute atomic E-state index is 13.8. The van der Waals surface area contributed by atoms with Gasteiger partial charge in [-0.15, -0.1) is 0 Å². The lowest BCUT2D eigenvalue weighted by atomic mass is 9.86. The highest BCUT2D eigenvalue weighted by molar-refractivity contribution is 5.95. The van der Waals surface area contributed by atoms with Gasteiger partial charge < -0.3 is 19.3 Å².